The first-order valence-electron chi connectivity index (χ1n) is 36.2. The summed E-state index contributed by atoms with van der Waals surface area (Å²) in [6.45, 7) is 11.7. The Morgan fingerprint density at radius 2 is 0.656 bits per heavy atom. The van der Waals surface area contributed by atoms with E-state index in [-0.39, 0.29) is 25.7 Å². The average Bonchev–Trinajstić information content (AvgIpc) is 3.70. The molecule has 3 N–H and O–H groups in total. The van der Waals surface area contributed by atoms with Gasteiger partial charge in [-0.1, -0.05) is 278 Å². The number of carbonyl (C=O) groups is 4. The maximum absolute atomic E-state index is 13.0. The number of esters is 4. The summed E-state index contributed by atoms with van der Waals surface area (Å²) in [5.74, 6) is 0.0502. The van der Waals surface area contributed by atoms with Crippen molar-refractivity contribution in [2.45, 2.75) is 349 Å². The minimum absolute atomic E-state index is 0.0989. The van der Waals surface area contributed by atoms with Gasteiger partial charge in [-0.2, -0.15) is 0 Å². The van der Waals surface area contributed by atoms with E-state index in [1.165, 1.54) is 116 Å². The molecule has 0 amide bonds. The fraction of sp³-hybridized carbons (Fsp3) is 0.887. The fourth-order valence-corrected chi connectivity index (χ4v) is 11.7. The summed E-state index contributed by atoms with van der Waals surface area (Å²) in [4.78, 5) is 72.5. The Bertz CT molecular complexity index is 1860. The summed E-state index contributed by atoms with van der Waals surface area (Å²) < 4.78 is 68.3. The van der Waals surface area contributed by atoms with Gasteiger partial charge in [0.1, 0.15) is 19.3 Å². The Labute approximate surface area is 548 Å². The maximum Gasteiger partial charge on any atom is 0.472 e. The van der Waals surface area contributed by atoms with Crippen LogP contribution in [0.4, 0.5) is 0 Å². The second kappa shape index (κ2) is 61.4. The number of phosphoric ester groups is 2. The molecule has 6 atom stereocenters. The van der Waals surface area contributed by atoms with Crippen molar-refractivity contribution >= 4 is 39.5 Å². The smallest absolute Gasteiger partial charge is 0.462 e. The van der Waals surface area contributed by atoms with E-state index in [0.29, 0.717) is 31.6 Å². The summed E-state index contributed by atoms with van der Waals surface area (Å²) in [5, 5.41) is 10.6. The number of allylic oxidation sites excluding steroid dienone is 4. The van der Waals surface area contributed by atoms with Crippen LogP contribution < -0.4 is 0 Å². The Hall–Kier alpha value is -2.46. The Morgan fingerprint density at radius 3 is 0.989 bits per heavy atom. The van der Waals surface area contributed by atoms with Crippen LogP contribution in [-0.2, 0) is 65.4 Å². The maximum atomic E-state index is 13.0. The number of aliphatic hydroxyl groups excluding tert-OH is 1. The lowest BCUT2D eigenvalue weighted by molar-refractivity contribution is -0.161. The topological polar surface area (TPSA) is 237 Å². The van der Waals surface area contributed by atoms with Crippen molar-refractivity contribution in [1.29, 1.82) is 0 Å². The highest BCUT2D eigenvalue weighted by molar-refractivity contribution is 7.47. The van der Waals surface area contributed by atoms with Crippen LogP contribution in [-0.4, -0.2) is 96.7 Å². The minimum Gasteiger partial charge on any atom is -0.462 e. The van der Waals surface area contributed by atoms with Crippen LogP contribution in [0.3, 0.4) is 0 Å². The molecule has 0 spiro atoms. The largest absolute Gasteiger partial charge is 0.472 e. The van der Waals surface area contributed by atoms with Crippen molar-refractivity contribution in [1.82, 2.24) is 0 Å². The second-order valence-electron chi connectivity index (χ2n) is 26.1. The number of ether oxygens (including phenoxy) is 4. The van der Waals surface area contributed by atoms with Crippen molar-refractivity contribution in [3.8, 4) is 0 Å². The van der Waals surface area contributed by atoms with Gasteiger partial charge >= 0.3 is 39.5 Å². The summed E-state index contributed by atoms with van der Waals surface area (Å²) in [6.07, 6.45) is 48.1. The molecule has 90 heavy (non-hydrogen) atoms. The molecule has 0 bridgehead atoms. The van der Waals surface area contributed by atoms with Crippen LogP contribution >= 0.6 is 15.6 Å². The summed E-state index contributed by atoms with van der Waals surface area (Å²) in [7, 11) is -9.91. The van der Waals surface area contributed by atoms with Gasteiger partial charge in [0, 0.05) is 25.7 Å². The molecule has 0 saturated heterocycles. The van der Waals surface area contributed by atoms with Gasteiger partial charge < -0.3 is 33.8 Å². The van der Waals surface area contributed by atoms with E-state index in [9.17, 15) is 43.2 Å². The molecule has 0 heterocycles. The molecule has 0 aromatic carbocycles. The normalized spacial score (nSPS) is 14.7. The third kappa shape index (κ3) is 63.0. The van der Waals surface area contributed by atoms with Crippen molar-refractivity contribution < 1.29 is 80.2 Å². The zero-order chi connectivity index (χ0) is 66.6. The van der Waals surface area contributed by atoms with Crippen LogP contribution in [0.15, 0.2) is 24.3 Å². The molecule has 0 aliphatic heterocycles. The molecule has 530 valence electrons. The van der Waals surface area contributed by atoms with Crippen LogP contribution in [0.25, 0.3) is 0 Å². The molecule has 0 aromatic heterocycles. The van der Waals surface area contributed by atoms with E-state index in [1.807, 2.05) is 0 Å². The Morgan fingerprint density at radius 1 is 0.367 bits per heavy atom. The molecule has 0 aromatic rings. The Balaban J connectivity index is 5.29. The quantitative estimate of drug-likeness (QED) is 0.0169. The van der Waals surface area contributed by atoms with Gasteiger partial charge in [-0.05, 0) is 69.1 Å². The van der Waals surface area contributed by atoms with Crippen molar-refractivity contribution in [2.75, 3.05) is 39.6 Å². The predicted molar refractivity (Wildman–Crippen MR) is 363 cm³/mol. The molecule has 0 aliphatic carbocycles. The van der Waals surface area contributed by atoms with Crippen LogP contribution in [0.1, 0.15) is 331 Å². The van der Waals surface area contributed by atoms with E-state index in [4.69, 9.17) is 37.0 Å². The highest BCUT2D eigenvalue weighted by atomic mass is 31.2. The molecule has 0 fully saturated rings. The molecule has 17 nitrogen and oxygen atoms in total. The van der Waals surface area contributed by atoms with Crippen molar-refractivity contribution in [3.05, 3.63) is 24.3 Å². The molecular formula is C71H134O17P2. The molecule has 0 aliphatic rings. The number of rotatable bonds is 67. The van der Waals surface area contributed by atoms with Gasteiger partial charge in [0.2, 0.25) is 0 Å². The van der Waals surface area contributed by atoms with E-state index >= 15 is 0 Å². The summed E-state index contributed by atoms with van der Waals surface area (Å²) in [6, 6.07) is 0. The monoisotopic (exact) mass is 1320 g/mol. The minimum atomic E-state index is -4.96. The van der Waals surface area contributed by atoms with Crippen LogP contribution in [0.5, 0.6) is 0 Å². The molecule has 0 radical (unpaired) electrons. The number of aliphatic hydroxyl groups is 1. The molecule has 0 rings (SSSR count). The average molecular weight is 1320 g/mol. The van der Waals surface area contributed by atoms with E-state index < -0.39 is 97.5 Å². The van der Waals surface area contributed by atoms with Crippen molar-refractivity contribution in [2.24, 2.45) is 17.8 Å². The fourth-order valence-electron chi connectivity index (χ4n) is 10.1. The van der Waals surface area contributed by atoms with E-state index in [1.54, 1.807) is 0 Å². The lowest BCUT2D eigenvalue weighted by atomic mass is 10.00. The third-order valence-electron chi connectivity index (χ3n) is 16.1. The second-order valence-corrected chi connectivity index (χ2v) is 29.0. The van der Waals surface area contributed by atoms with E-state index in [2.05, 4.69) is 72.8 Å². The predicted octanol–water partition coefficient (Wildman–Crippen LogP) is 19.8. The van der Waals surface area contributed by atoms with E-state index in [0.717, 1.165) is 127 Å². The zero-order valence-corrected chi connectivity index (χ0v) is 59.9. The zero-order valence-electron chi connectivity index (χ0n) is 58.1. The summed E-state index contributed by atoms with van der Waals surface area (Å²) >= 11 is 0. The van der Waals surface area contributed by atoms with Gasteiger partial charge in [0.15, 0.2) is 12.2 Å². The highest BCUT2D eigenvalue weighted by Crippen LogP contribution is 2.45. The SMILES string of the molecule is CCCCCC/C=C\C=C/CCCCCCCC(=O)OC[C@H](COP(=O)(O)OC[C@@H](O)COP(=O)(O)OC[C@@H](COC(=O)CCCCCCCCC(C)CC)OC(=O)CCCCCCCCCCC(C)C)OC(=O)CCCCCCCCCCCCCC(C)C. The molecule has 19 heteroatoms. The number of hydrogen-bond acceptors (Lipinski definition) is 15. The van der Waals surface area contributed by atoms with Gasteiger partial charge in [0.05, 0.1) is 26.4 Å². The molecule has 0 saturated carbocycles. The van der Waals surface area contributed by atoms with Gasteiger partial charge in [-0.25, -0.2) is 9.13 Å². The third-order valence-corrected chi connectivity index (χ3v) is 18.0. The number of carbonyl (C=O) groups excluding carboxylic acids is 4. The summed E-state index contributed by atoms with van der Waals surface area (Å²) in [5.41, 5.74) is 0. The first kappa shape index (κ1) is 87.5. The number of hydrogen-bond donors (Lipinski definition) is 3. The first-order valence-corrected chi connectivity index (χ1v) is 39.2. The Kier molecular flexibility index (Phi) is 59.7. The highest BCUT2D eigenvalue weighted by Gasteiger charge is 2.30. The van der Waals surface area contributed by atoms with Crippen molar-refractivity contribution in [3.63, 3.8) is 0 Å². The molecule has 3 unspecified atom stereocenters. The lowest BCUT2D eigenvalue weighted by Gasteiger charge is -2.21. The number of unbranched alkanes of at least 4 members (excludes halogenated alkanes) is 31. The number of phosphoric acid groups is 2. The lowest BCUT2D eigenvalue weighted by Crippen LogP contribution is -2.30. The molecular weight excluding hydrogens is 1190 g/mol. The van der Waals surface area contributed by atoms with Gasteiger partial charge in [-0.15, -0.1) is 0 Å². The first-order chi connectivity index (χ1) is 43.3. The van der Waals surface area contributed by atoms with Gasteiger partial charge in [0.25, 0.3) is 0 Å². The van der Waals surface area contributed by atoms with Crippen LogP contribution in [0.2, 0.25) is 0 Å². The van der Waals surface area contributed by atoms with Crippen LogP contribution in [0, 0.1) is 17.8 Å². The van der Waals surface area contributed by atoms with Gasteiger partial charge in [-0.3, -0.25) is 37.3 Å². The standard InChI is InChI=1S/C71H134O17P2/c1-8-10-11-12-13-14-15-16-17-18-21-24-30-38-45-52-68(73)81-58-66(87-70(75)54-47-40-31-25-22-19-20-23-28-35-42-49-62(3)4)60-85-89(77,78)83-56-65(72)57-84-90(79,80)86-61-67(59-82-69(74)53-46-39-34-33-37-44-51-64(7)9-2)88-71(76)55-48-41-32-27-26-29-36-43-50-63(5)6/h14-17,62-67,72H,8-13,18-61H2,1-7H3,(H,77,78)(H,79,80)/b15-14-,17-16-/t64?,65-,66-,67-/m1/s1.